The number of carbonyl (C=O) groups excluding carboxylic acids is 2. The number of amides is 2. The van der Waals surface area contributed by atoms with Crippen LogP contribution in [0.5, 0.6) is 0 Å². The Bertz CT molecular complexity index is 341. The Morgan fingerprint density at radius 1 is 1.44 bits per heavy atom. The summed E-state index contributed by atoms with van der Waals surface area (Å²) in [6.07, 6.45) is 9.16. The van der Waals surface area contributed by atoms with E-state index in [4.69, 9.17) is 0 Å². The maximum atomic E-state index is 12.0. The molecule has 4 nitrogen and oxygen atoms in total. The molecule has 0 aromatic rings. The van der Waals surface area contributed by atoms with E-state index in [2.05, 4.69) is 5.32 Å². The fourth-order valence-corrected chi connectivity index (χ4v) is 2.15. The Morgan fingerprint density at radius 2 is 2.19 bits per heavy atom. The molecule has 86 valence electrons. The third kappa shape index (κ3) is 2.32. The summed E-state index contributed by atoms with van der Waals surface area (Å²) in [5.74, 6) is 0.172. The molecule has 1 heterocycles. The second kappa shape index (κ2) is 4.96. The van der Waals surface area contributed by atoms with Gasteiger partial charge in [0.2, 0.25) is 12.3 Å². The molecule has 2 rings (SSSR count). The molecule has 4 heteroatoms. The summed E-state index contributed by atoms with van der Waals surface area (Å²) in [6, 6.07) is 0. The molecule has 1 saturated heterocycles. The van der Waals surface area contributed by atoms with Gasteiger partial charge < -0.3 is 10.2 Å². The van der Waals surface area contributed by atoms with Gasteiger partial charge in [0.15, 0.2) is 0 Å². The summed E-state index contributed by atoms with van der Waals surface area (Å²) in [5.41, 5.74) is 0.778. The standard InChI is InChI=1S/C12H16N2O2/c15-9-13-11-5-3-10(4-6-11)12(16)14-7-1-2-8-14/h3,5-6,9-10H,1-2,4,7-8H2,(H,13,15). The molecule has 2 amide bonds. The summed E-state index contributed by atoms with van der Waals surface area (Å²) in [7, 11) is 0. The monoisotopic (exact) mass is 220 g/mol. The lowest BCUT2D eigenvalue weighted by Gasteiger charge is -2.22. The summed E-state index contributed by atoms with van der Waals surface area (Å²) < 4.78 is 0. The molecule has 0 radical (unpaired) electrons. The van der Waals surface area contributed by atoms with Crippen LogP contribution in [-0.2, 0) is 9.59 Å². The van der Waals surface area contributed by atoms with E-state index in [1.165, 1.54) is 0 Å². The second-order valence-corrected chi connectivity index (χ2v) is 4.16. The van der Waals surface area contributed by atoms with E-state index in [-0.39, 0.29) is 11.8 Å². The van der Waals surface area contributed by atoms with Crippen molar-refractivity contribution in [3.63, 3.8) is 0 Å². The molecule has 1 N–H and O–H groups in total. The quantitative estimate of drug-likeness (QED) is 0.716. The predicted molar refractivity (Wildman–Crippen MR) is 60.3 cm³/mol. The normalized spacial score (nSPS) is 24.1. The second-order valence-electron chi connectivity index (χ2n) is 4.16. The van der Waals surface area contributed by atoms with E-state index in [1.54, 1.807) is 6.08 Å². The number of nitrogens with one attached hydrogen (secondary N) is 1. The van der Waals surface area contributed by atoms with Gasteiger partial charge in [-0.2, -0.15) is 0 Å². The lowest BCUT2D eigenvalue weighted by Crippen LogP contribution is -2.33. The molecule has 1 fully saturated rings. The fraction of sp³-hybridized carbons (Fsp3) is 0.500. The molecule has 1 atom stereocenters. The van der Waals surface area contributed by atoms with Crippen molar-refractivity contribution < 1.29 is 9.59 Å². The van der Waals surface area contributed by atoms with Crippen LogP contribution in [0, 0.1) is 5.92 Å². The predicted octanol–water partition coefficient (Wildman–Crippen LogP) is 0.815. The maximum Gasteiger partial charge on any atom is 0.229 e. The van der Waals surface area contributed by atoms with Crippen LogP contribution >= 0.6 is 0 Å². The Kier molecular flexibility index (Phi) is 3.39. The van der Waals surface area contributed by atoms with Gasteiger partial charge in [0.25, 0.3) is 0 Å². The molecule has 0 bridgehead atoms. The van der Waals surface area contributed by atoms with Crippen molar-refractivity contribution in [2.24, 2.45) is 5.92 Å². The first-order chi connectivity index (χ1) is 7.81. The minimum Gasteiger partial charge on any atom is -0.342 e. The van der Waals surface area contributed by atoms with Crippen LogP contribution < -0.4 is 5.32 Å². The van der Waals surface area contributed by atoms with Crippen LogP contribution in [0.2, 0.25) is 0 Å². The third-order valence-electron chi connectivity index (χ3n) is 3.06. The molecule has 2 aliphatic rings. The zero-order valence-electron chi connectivity index (χ0n) is 9.19. The van der Waals surface area contributed by atoms with E-state index in [9.17, 15) is 9.59 Å². The Labute approximate surface area is 95.0 Å². The van der Waals surface area contributed by atoms with Gasteiger partial charge >= 0.3 is 0 Å². The average molecular weight is 220 g/mol. The van der Waals surface area contributed by atoms with E-state index < -0.39 is 0 Å². The summed E-state index contributed by atoms with van der Waals surface area (Å²) in [6.45, 7) is 1.79. The Morgan fingerprint density at radius 3 is 2.75 bits per heavy atom. The fourth-order valence-electron chi connectivity index (χ4n) is 2.15. The largest absolute Gasteiger partial charge is 0.342 e. The van der Waals surface area contributed by atoms with Crippen molar-refractivity contribution in [2.75, 3.05) is 13.1 Å². The van der Waals surface area contributed by atoms with Crippen molar-refractivity contribution in [3.05, 3.63) is 23.9 Å². The maximum absolute atomic E-state index is 12.0. The average Bonchev–Trinajstić information content (AvgIpc) is 2.83. The molecular formula is C12H16N2O2. The Balaban J connectivity index is 1.91. The van der Waals surface area contributed by atoms with Crippen LogP contribution in [0.3, 0.4) is 0 Å². The first-order valence-corrected chi connectivity index (χ1v) is 5.68. The summed E-state index contributed by atoms with van der Waals surface area (Å²) in [5, 5.41) is 2.58. The molecular weight excluding hydrogens is 204 g/mol. The molecule has 16 heavy (non-hydrogen) atoms. The topological polar surface area (TPSA) is 49.4 Å². The minimum absolute atomic E-state index is 0.0460. The van der Waals surface area contributed by atoms with E-state index in [0.29, 0.717) is 12.8 Å². The molecule has 1 aliphatic carbocycles. The highest BCUT2D eigenvalue weighted by atomic mass is 16.2. The molecule has 1 aliphatic heterocycles. The molecule has 1 unspecified atom stereocenters. The van der Waals surface area contributed by atoms with Crippen LogP contribution in [0.4, 0.5) is 0 Å². The van der Waals surface area contributed by atoms with Gasteiger partial charge in [-0.3, -0.25) is 9.59 Å². The van der Waals surface area contributed by atoms with Gasteiger partial charge in [-0.05, 0) is 25.3 Å². The van der Waals surface area contributed by atoms with Gasteiger partial charge in [-0.15, -0.1) is 0 Å². The van der Waals surface area contributed by atoms with Crippen molar-refractivity contribution in [3.8, 4) is 0 Å². The highest BCUT2D eigenvalue weighted by molar-refractivity contribution is 5.81. The smallest absolute Gasteiger partial charge is 0.229 e. The van der Waals surface area contributed by atoms with E-state index in [1.807, 2.05) is 17.1 Å². The Hall–Kier alpha value is -1.58. The minimum atomic E-state index is -0.0460. The van der Waals surface area contributed by atoms with Gasteiger partial charge in [0.05, 0.1) is 5.92 Å². The number of rotatable bonds is 3. The number of allylic oxidation sites excluding steroid dienone is 2. The molecule has 0 spiro atoms. The number of hydrogen-bond donors (Lipinski definition) is 1. The zero-order valence-corrected chi connectivity index (χ0v) is 9.19. The van der Waals surface area contributed by atoms with Gasteiger partial charge in [0.1, 0.15) is 0 Å². The van der Waals surface area contributed by atoms with Crippen LogP contribution in [0.25, 0.3) is 0 Å². The number of carbonyl (C=O) groups is 2. The molecule has 0 aromatic heterocycles. The SMILES string of the molecule is O=CNC1=CCC(C(=O)N2CCCC2)C=C1. The van der Waals surface area contributed by atoms with Crippen molar-refractivity contribution in [1.82, 2.24) is 10.2 Å². The third-order valence-corrected chi connectivity index (χ3v) is 3.06. The van der Waals surface area contributed by atoms with Gasteiger partial charge in [0, 0.05) is 18.8 Å². The van der Waals surface area contributed by atoms with Crippen molar-refractivity contribution >= 4 is 12.3 Å². The lowest BCUT2D eigenvalue weighted by molar-refractivity contribution is -0.132. The van der Waals surface area contributed by atoms with Crippen molar-refractivity contribution in [2.45, 2.75) is 19.3 Å². The number of likely N-dealkylation sites (tertiary alicyclic amines) is 1. The number of nitrogens with zero attached hydrogens (tertiary/aromatic N) is 1. The first-order valence-electron chi connectivity index (χ1n) is 5.68. The van der Waals surface area contributed by atoms with Gasteiger partial charge in [-0.1, -0.05) is 12.2 Å². The molecule has 0 saturated carbocycles. The van der Waals surface area contributed by atoms with Crippen LogP contribution in [0.1, 0.15) is 19.3 Å². The highest BCUT2D eigenvalue weighted by Crippen LogP contribution is 2.20. The number of hydrogen-bond acceptors (Lipinski definition) is 2. The first kappa shape index (κ1) is 10.9. The summed E-state index contributed by atoms with van der Waals surface area (Å²) >= 11 is 0. The summed E-state index contributed by atoms with van der Waals surface area (Å²) in [4.78, 5) is 24.2. The van der Waals surface area contributed by atoms with Gasteiger partial charge in [-0.25, -0.2) is 0 Å². The molecule has 0 aromatic carbocycles. The van der Waals surface area contributed by atoms with Crippen LogP contribution in [-0.4, -0.2) is 30.3 Å². The van der Waals surface area contributed by atoms with Crippen LogP contribution in [0.15, 0.2) is 23.9 Å². The lowest BCUT2D eigenvalue weighted by atomic mass is 9.98. The van der Waals surface area contributed by atoms with E-state index in [0.717, 1.165) is 31.6 Å². The van der Waals surface area contributed by atoms with E-state index >= 15 is 0 Å². The highest BCUT2D eigenvalue weighted by Gasteiger charge is 2.25. The van der Waals surface area contributed by atoms with Crippen molar-refractivity contribution in [1.29, 1.82) is 0 Å². The zero-order chi connectivity index (χ0) is 11.4.